The first-order valence-corrected chi connectivity index (χ1v) is 3.62. The highest BCUT2D eigenvalue weighted by atomic mass is 35.5. The average Bonchev–Trinajstić information content (AvgIpc) is 1.96. The number of hydrogen-bond acceptors (Lipinski definition) is 4. The molecule has 0 saturated carbocycles. The van der Waals surface area contributed by atoms with Gasteiger partial charge in [-0.3, -0.25) is 5.21 Å². The predicted molar refractivity (Wildman–Crippen MR) is 48.2 cm³/mol. The highest BCUT2D eigenvalue weighted by Gasteiger charge is 2.03. The second-order valence-electron chi connectivity index (χ2n) is 2.41. The van der Waals surface area contributed by atoms with E-state index in [4.69, 9.17) is 22.5 Å². The van der Waals surface area contributed by atoms with E-state index in [1.165, 1.54) is 12.1 Å². The molecule has 1 aromatic carbocycles. The van der Waals surface area contributed by atoms with Crippen LogP contribution in [0.1, 0.15) is 5.56 Å². The fourth-order valence-electron chi connectivity index (χ4n) is 0.884. The van der Waals surface area contributed by atoms with Gasteiger partial charge in [-0.05, 0) is 24.6 Å². The number of nitrogens with two attached hydrogens (primary N) is 1. The van der Waals surface area contributed by atoms with Gasteiger partial charge in [0.1, 0.15) is 0 Å². The molecular formula is C7H8ClN2O2-. The Bertz CT molecular complexity index is 302. The van der Waals surface area contributed by atoms with E-state index in [1.54, 1.807) is 6.92 Å². The molecule has 66 valence electrons. The summed E-state index contributed by atoms with van der Waals surface area (Å²) in [4.78, 5) is 0. The number of halogens is 1. The molecule has 4 nitrogen and oxygen atoms in total. The molecule has 0 bridgehead atoms. The third-order valence-corrected chi connectivity index (χ3v) is 1.81. The van der Waals surface area contributed by atoms with E-state index >= 15 is 0 Å². The van der Waals surface area contributed by atoms with Gasteiger partial charge in [0.25, 0.3) is 0 Å². The minimum Gasteiger partial charge on any atom is -0.733 e. The van der Waals surface area contributed by atoms with Crippen LogP contribution in [-0.4, -0.2) is 5.21 Å². The van der Waals surface area contributed by atoms with Gasteiger partial charge < -0.3 is 16.2 Å². The van der Waals surface area contributed by atoms with Crippen molar-refractivity contribution in [2.45, 2.75) is 6.92 Å². The molecule has 0 fully saturated rings. The lowest BCUT2D eigenvalue weighted by atomic mass is 10.1. The monoisotopic (exact) mass is 187 g/mol. The smallest absolute Gasteiger partial charge is 0.0573 e. The molecule has 0 aromatic heterocycles. The summed E-state index contributed by atoms with van der Waals surface area (Å²) < 4.78 is 0. The zero-order valence-electron chi connectivity index (χ0n) is 6.41. The SMILES string of the molecule is Cc1c(N)cc(Cl)cc1N([O-])O. The zero-order chi connectivity index (χ0) is 9.30. The third-order valence-electron chi connectivity index (χ3n) is 1.59. The molecule has 0 radical (unpaired) electrons. The van der Waals surface area contributed by atoms with E-state index in [0.717, 1.165) is 0 Å². The summed E-state index contributed by atoms with van der Waals surface area (Å²) in [6, 6.07) is 2.87. The van der Waals surface area contributed by atoms with Gasteiger partial charge in [-0.15, -0.1) is 0 Å². The fourth-order valence-corrected chi connectivity index (χ4v) is 1.10. The van der Waals surface area contributed by atoms with Crippen molar-refractivity contribution in [3.8, 4) is 0 Å². The van der Waals surface area contributed by atoms with Gasteiger partial charge in [0.2, 0.25) is 0 Å². The van der Waals surface area contributed by atoms with Crippen molar-refractivity contribution in [3.05, 3.63) is 27.9 Å². The van der Waals surface area contributed by atoms with Crippen LogP contribution in [0.15, 0.2) is 12.1 Å². The number of benzene rings is 1. The summed E-state index contributed by atoms with van der Waals surface area (Å²) in [7, 11) is 0. The highest BCUT2D eigenvalue weighted by molar-refractivity contribution is 6.31. The summed E-state index contributed by atoms with van der Waals surface area (Å²) in [5.41, 5.74) is 6.46. The Labute approximate surface area is 74.7 Å². The van der Waals surface area contributed by atoms with E-state index in [0.29, 0.717) is 16.3 Å². The lowest BCUT2D eigenvalue weighted by Gasteiger charge is -2.24. The van der Waals surface area contributed by atoms with Crippen LogP contribution in [0.25, 0.3) is 0 Å². The largest absolute Gasteiger partial charge is 0.733 e. The quantitative estimate of drug-likeness (QED) is 0.521. The summed E-state index contributed by atoms with van der Waals surface area (Å²) >= 11 is 5.61. The Hall–Kier alpha value is -0.970. The predicted octanol–water partition coefficient (Wildman–Crippen LogP) is 1.92. The standard InChI is InChI=1S/C7H8ClN2O2/c1-4-6(9)2-5(8)3-7(4)10(11)12/h2-3,11H,9H2,1H3/q-1. The molecule has 0 atom stereocenters. The summed E-state index contributed by atoms with van der Waals surface area (Å²) in [5, 5.41) is 19.2. The second-order valence-corrected chi connectivity index (χ2v) is 2.85. The number of nitrogen functional groups attached to an aromatic ring is 1. The molecule has 3 N–H and O–H groups in total. The van der Waals surface area contributed by atoms with E-state index in [-0.39, 0.29) is 10.9 Å². The van der Waals surface area contributed by atoms with E-state index in [1.807, 2.05) is 0 Å². The van der Waals surface area contributed by atoms with Crippen molar-refractivity contribution in [1.82, 2.24) is 0 Å². The Morgan fingerprint density at radius 1 is 1.58 bits per heavy atom. The Kier molecular flexibility index (Phi) is 2.42. The van der Waals surface area contributed by atoms with Crippen LogP contribution in [-0.2, 0) is 0 Å². The van der Waals surface area contributed by atoms with Crippen LogP contribution in [0.2, 0.25) is 5.02 Å². The maximum Gasteiger partial charge on any atom is 0.0573 e. The van der Waals surface area contributed by atoms with Gasteiger partial charge in [-0.25, -0.2) is 0 Å². The molecule has 0 amide bonds. The molecule has 0 heterocycles. The van der Waals surface area contributed by atoms with E-state index < -0.39 is 0 Å². The van der Waals surface area contributed by atoms with Crippen molar-refractivity contribution < 1.29 is 5.21 Å². The van der Waals surface area contributed by atoms with Crippen molar-refractivity contribution in [2.75, 3.05) is 11.0 Å². The van der Waals surface area contributed by atoms with Crippen molar-refractivity contribution >= 4 is 23.0 Å². The normalized spacial score (nSPS) is 10.0. The molecule has 0 spiro atoms. The number of hydrogen-bond donors (Lipinski definition) is 2. The average molecular weight is 188 g/mol. The van der Waals surface area contributed by atoms with Gasteiger partial charge in [0.15, 0.2) is 0 Å². The summed E-state index contributed by atoms with van der Waals surface area (Å²) in [5.74, 6) is 0. The highest BCUT2D eigenvalue weighted by Crippen LogP contribution is 2.27. The molecule has 1 rings (SSSR count). The molecule has 0 aliphatic carbocycles. The van der Waals surface area contributed by atoms with Crippen LogP contribution in [0.3, 0.4) is 0 Å². The molecule has 0 aliphatic heterocycles. The number of rotatable bonds is 1. The topological polar surface area (TPSA) is 72.5 Å². The fraction of sp³-hybridized carbons (Fsp3) is 0.143. The first-order chi connectivity index (χ1) is 5.52. The minimum atomic E-state index is -0.252. The third kappa shape index (κ3) is 1.61. The maximum absolute atomic E-state index is 10.5. The number of nitrogens with zero attached hydrogens (tertiary/aromatic N) is 1. The van der Waals surface area contributed by atoms with E-state index in [9.17, 15) is 5.21 Å². The summed E-state index contributed by atoms with van der Waals surface area (Å²) in [6.45, 7) is 1.63. The summed E-state index contributed by atoms with van der Waals surface area (Å²) in [6.07, 6.45) is 0. The second kappa shape index (κ2) is 3.18. The van der Waals surface area contributed by atoms with Crippen molar-refractivity contribution in [3.63, 3.8) is 0 Å². The lowest BCUT2D eigenvalue weighted by Crippen LogP contribution is -2.09. The maximum atomic E-state index is 10.5. The first kappa shape index (κ1) is 9.12. The van der Waals surface area contributed by atoms with Gasteiger partial charge >= 0.3 is 0 Å². The van der Waals surface area contributed by atoms with Gasteiger partial charge in [-0.1, -0.05) is 11.6 Å². The molecule has 1 aromatic rings. The zero-order valence-corrected chi connectivity index (χ0v) is 7.17. The Balaban J connectivity index is 3.28. The molecule has 0 unspecified atom stereocenters. The van der Waals surface area contributed by atoms with Crippen LogP contribution < -0.4 is 11.0 Å². The Morgan fingerprint density at radius 3 is 2.67 bits per heavy atom. The molecule has 0 saturated heterocycles. The van der Waals surface area contributed by atoms with Crippen molar-refractivity contribution in [1.29, 1.82) is 0 Å². The Morgan fingerprint density at radius 2 is 2.17 bits per heavy atom. The van der Waals surface area contributed by atoms with Gasteiger partial charge in [0.05, 0.1) is 5.69 Å². The first-order valence-electron chi connectivity index (χ1n) is 3.24. The van der Waals surface area contributed by atoms with Gasteiger partial charge in [-0.2, -0.15) is 0 Å². The molecular weight excluding hydrogens is 180 g/mol. The lowest BCUT2D eigenvalue weighted by molar-refractivity contribution is 0.296. The number of anilines is 2. The minimum absolute atomic E-state index is 0.0694. The van der Waals surface area contributed by atoms with Gasteiger partial charge in [0, 0.05) is 10.7 Å². The van der Waals surface area contributed by atoms with Crippen LogP contribution >= 0.6 is 11.6 Å². The molecule has 5 heteroatoms. The van der Waals surface area contributed by atoms with Crippen molar-refractivity contribution in [2.24, 2.45) is 0 Å². The van der Waals surface area contributed by atoms with Crippen LogP contribution in [0.5, 0.6) is 0 Å². The molecule has 12 heavy (non-hydrogen) atoms. The van der Waals surface area contributed by atoms with Crippen LogP contribution in [0, 0.1) is 12.1 Å². The van der Waals surface area contributed by atoms with Crippen LogP contribution in [0.4, 0.5) is 11.4 Å². The van der Waals surface area contributed by atoms with E-state index in [2.05, 4.69) is 0 Å². The molecule has 0 aliphatic rings.